The van der Waals surface area contributed by atoms with Crippen LogP contribution in [0.4, 0.5) is 0 Å². The highest BCUT2D eigenvalue weighted by Crippen LogP contribution is 2.16. The molecule has 0 spiro atoms. The summed E-state index contributed by atoms with van der Waals surface area (Å²) < 4.78 is 5.62. The molecule has 2 nitrogen and oxygen atoms in total. The molecule has 2 rings (SSSR count). The molecular formula is C11H17NOS. The van der Waals surface area contributed by atoms with Crippen LogP contribution in [-0.2, 0) is 11.3 Å². The molecule has 0 aromatic carbocycles. The Morgan fingerprint density at radius 3 is 3.29 bits per heavy atom. The minimum Gasteiger partial charge on any atom is -0.377 e. The Hall–Kier alpha value is -0.380. The van der Waals surface area contributed by atoms with E-state index in [1.807, 2.05) is 0 Å². The Labute approximate surface area is 89.3 Å². The monoisotopic (exact) mass is 211 g/mol. The summed E-state index contributed by atoms with van der Waals surface area (Å²) in [5.74, 6) is 0. The van der Waals surface area contributed by atoms with Gasteiger partial charge in [-0.1, -0.05) is 0 Å². The molecule has 1 aromatic rings. The molecule has 1 aromatic heterocycles. The third kappa shape index (κ3) is 2.56. The highest BCUT2D eigenvalue weighted by Gasteiger charge is 2.21. The highest BCUT2D eigenvalue weighted by molar-refractivity contribution is 7.07. The fourth-order valence-electron chi connectivity index (χ4n) is 1.80. The molecule has 2 unspecified atom stereocenters. The molecule has 1 saturated heterocycles. The van der Waals surface area contributed by atoms with Crippen molar-refractivity contribution in [2.45, 2.75) is 38.5 Å². The van der Waals surface area contributed by atoms with E-state index in [1.54, 1.807) is 11.3 Å². The molecule has 0 bridgehead atoms. The Kier molecular flexibility index (Phi) is 3.56. The maximum absolute atomic E-state index is 5.62. The van der Waals surface area contributed by atoms with Crippen LogP contribution in [-0.4, -0.2) is 18.8 Å². The van der Waals surface area contributed by atoms with Crippen LogP contribution in [0.5, 0.6) is 0 Å². The molecular weight excluding hydrogens is 194 g/mol. The first kappa shape index (κ1) is 10.1. The molecule has 14 heavy (non-hydrogen) atoms. The Bertz CT molecular complexity index is 254. The molecule has 1 fully saturated rings. The molecule has 0 radical (unpaired) electrons. The SMILES string of the molecule is CC(NCc1ccsc1)C1CCCO1. The fourth-order valence-corrected chi connectivity index (χ4v) is 2.47. The highest BCUT2D eigenvalue weighted by atomic mass is 32.1. The molecule has 2 heterocycles. The van der Waals surface area contributed by atoms with Crippen LogP contribution in [0, 0.1) is 0 Å². The first-order valence-corrected chi connectivity index (χ1v) is 6.16. The summed E-state index contributed by atoms with van der Waals surface area (Å²) in [5, 5.41) is 7.82. The van der Waals surface area contributed by atoms with Crippen LogP contribution < -0.4 is 5.32 Å². The van der Waals surface area contributed by atoms with Gasteiger partial charge in [-0.25, -0.2) is 0 Å². The van der Waals surface area contributed by atoms with Crippen molar-refractivity contribution in [2.75, 3.05) is 6.61 Å². The molecule has 1 N–H and O–H groups in total. The van der Waals surface area contributed by atoms with Gasteiger partial charge in [0.1, 0.15) is 0 Å². The second-order valence-corrected chi connectivity index (χ2v) is 4.63. The molecule has 1 aliphatic heterocycles. The summed E-state index contributed by atoms with van der Waals surface area (Å²) >= 11 is 1.75. The average Bonchev–Trinajstić information content (AvgIpc) is 2.87. The van der Waals surface area contributed by atoms with E-state index in [1.165, 1.54) is 18.4 Å². The van der Waals surface area contributed by atoms with Crippen LogP contribution in [0.25, 0.3) is 0 Å². The van der Waals surface area contributed by atoms with E-state index in [0.29, 0.717) is 12.1 Å². The summed E-state index contributed by atoms with van der Waals surface area (Å²) in [4.78, 5) is 0. The predicted octanol–water partition coefficient (Wildman–Crippen LogP) is 2.41. The Morgan fingerprint density at radius 1 is 1.71 bits per heavy atom. The topological polar surface area (TPSA) is 21.3 Å². The van der Waals surface area contributed by atoms with Crippen molar-refractivity contribution in [3.63, 3.8) is 0 Å². The Balaban J connectivity index is 1.74. The lowest BCUT2D eigenvalue weighted by Crippen LogP contribution is -2.36. The lowest BCUT2D eigenvalue weighted by molar-refractivity contribution is 0.0832. The van der Waals surface area contributed by atoms with Gasteiger partial charge in [0.2, 0.25) is 0 Å². The zero-order valence-electron chi connectivity index (χ0n) is 8.53. The van der Waals surface area contributed by atoms with Gasteiger partial charge in [-0.15, -0.1) is 0 Å². The van der Waals surface area contributed by atoms with E-state index in [2.05, 4.69) is 29.1 Å². The van der Waals surface area contributed by atoms with Gasteiger partial charge in [0.15, 0.2) is 0 Å². The van der Waals surface area contributed by atoms with Gasteiger partial charge in [-0.2, -0.15) is 11.3 Å². The van der Waals surface area contributed by atoms with Crippen molar-refractivity contribution in [2.24, 2.45) is 0 Å². The molecule has 0 saturated carbocycles. The first-order valence-electron chi connectivity index (χ1n) is 5.22. The lowest BCUT2D eigenvalue weighted by atomic mass is 10.1. The minimum absolute atomic E-state index is 0.425. The quantitative estimate of drug-likeness (QED) is 0.825. The molecule has 78 valence electrons. The summed E-state index contributed by atoms with van der Waals surface area (Å²) in [7, 11) is 0. The maximum atomic E-state index is 5.62. The van der Waals surface area contributed by atoms with E-state index < -0.39 is 0 Å². The molecule has 2 atom stereocenters. The van der Waals surface area contributed by atoms with E-state index in [9.17, 15) is 0 Å². The summed E-state index contributed by atoms with van der Waals surface area (Å²) in [6.45, 7) is 4.11. The number of hydrogen-bond donors (Lipinski definition) is 1. The third-order valence-corrected chi connectivity index (χ3v) is 3.46. The van der Waals surface area contributed by atoms with Crippen LogP contribution in [0.3, 0.4) is 0 Å². The van der Waals surface area contributed by atoms with Crippen molar-refractivity contribution in [1.82, 2.24) is 5.32 Å². The summed E-state index contributed by atoms with van der Waals surface area (Å²) in [6.07, 6.45) is 2.85. The first-order chi connectivity index (χ1) is 6.86. The van der Waals surface area contributed by atoms with Gasteiger partial charge in [0.05, 0.1) is 6.10 Å². The van der Waals surface area contributed by atoms with E-state index >= 15 is 0 Å². The third-order valence-electron chi connectivity index (χ3n) is 2.73. The number of ether oxygens (including phenoxy) is 1. The van der Waals surface area contributed by atoms with E-state index in [-0.39, 0.29) is 0 Å². The summed E-state index contributed by atoms with van der Waals surface area (Å²) in [6, 6.07) is 2.64. The van der Waals surface area contributed by atoms with Crippen molar-refractivity contribution in [3.8, 4) is 0 Å². The normalized spacial score (nSPS) is 23.9. The van der Waals surface area contributed by atoms with E-state index in [4.69, 9.17) is 4.74 Å². The van der Waals surface area contributed by atoms with Gasteiger partial charge < -0.3 is 10.1 Å². The number of thiophene rings is 1. The molecule has 0 aliphatic carbocycles. The van der Waals surface area contributed by atoms with Crippen LogP contribution in [0.2, 0.25) is 0 Å². The average molecular weight is 211 g/mol. The van der Waals surface area contributed by atoms with Crippen molar-refractivity contribution in [1.29, 1.82) is 0 Å². The molecule has 1 aliphatic rings. The number of nitrogens with one attached hydrogen (secondary N) is 1. The smallest absolute Gasteiger partial charge is 0.0726 e. The predicted molar refractivity (Wildman–Crippen MR) is 59.6 cm³/mol. The molecule has 3 heteroatoms. The number of rotatable bonds is 4. The fraction of sp³-hybridized carbons (Fsp3) is 0.636. The van der Waals surface area contributed by atoms with Gasteiger partial charge in [0.25, 0.3) is 0 Å². The van der Waals surface area contributed by atoms with Crippen molar-refractivity contribution < 1.29 is 4.74 Å². The zero-order valence-corrected chi connectivity index (χ0v) is 9.35. The summed E-state index contributed by atoms with van der Waals surface area (Å²) in [5.41, 5.74) is 1.37. The molecule has 0 amide bonds. The number of hydrogen-bond acceptors (Lipinski definition) is 3. The second kappa shape index (κ2) is 4.91. The van der Waals surface area contributed by atoms with Crippen LogP contribution in [0.15, 0.2) is 16.8 Å². The Morgan fingerprint density at radius 2 is 2.64 bits per heavy atom. The zero-order chi connectivity index (χ0) is 9.80. The van der Waals surface area contributed by atoms with Gasteiger partial charge >= 0.3 is 0 Å². The van der Waals surface area contributed by atoms with Gasteiger partial charge in [0, 0.05) is 19.2 Å². The van der Waals surface area contributed by atoms with Gasteiger partial charge in [-0.3, -0.25) is 0 Å². The maximum Gasteiger partial charge on any atom is 0.0726 e. The van der Waals surface area contributed by atoms with E-state index in [0.717, 1.165) is 13.2 Å². The van der Waals surface area contributed by atoms with Crippen LogP contribution in [0.1, 0.15) is 25.3 Å². The second-order valence-electron chi connectivity index (χ2n) is 3.85. The standard InChI is InChI=1S/C11H17NOS/c1-9(11-3-2-5-13-11)12-7-10-4-6-14-8-10/h4,6,8-9,11-12H,2-3,5,7H2,1H3. The lowest BCUT2D eigenvalue weighted by Gasteiger charge is -2.19. The minimum atomic E-state index is 0.425. The van der Waals surface area contributed by atoms with Crippen LogP contribution >= 0.6 is 11.3 Å². The van der Waals surface area contributed by atoms with Gasteiger partial charge in [-0.05, 0) is 42.2 Å². The van der Waals surface area contributed by atoms with Crippen molar-refractivity contribution >= 4 is 11.3 Å². The van der Waals surface area contributed by atoms with Crippen molar-refractivity contribution in [3.05, 3.63) is 22.4 Å². The largest absolute Gasteiger partial charge is 0.377 e.